The van der Waals surface area contributed by atoms with E-state index in [1.165, 1.54) is 0 Å². The van der Waals surface area contributed by atoms with Gasteiger partial charge in [-0.05, 0) is 37.3 Å². The fourth-order valence-corrected chi connectivity index (χ4v) is 3.84. The Balaban J connectivity index is 1.48. The van der Waals surface area contributed by atoms with Crippen molar-refractivity contribution in [3.05, 3.63) is 47.5 Å². The number of quaternary nitrogens is 1. The fraction of sp³-hybridized carbons (Fsp3) is 0.381. The van der Waals surface area contributed by atoms with Gasteiger partial charge in [0.15, 0.2) is 11.5 Å². The van der Waals surface area contributed by atoms with Crippen LogP contribution in [0.1, 0.15) is 6.92 Å². The Kier molecular flexibility index (Phi) is 5.59. The summed E-state index contributed by atoms with van der Waals surface area (Å²) in [6.45, 7) is 7.60. The number of nitrogens with one attached hydrogen (secondary N) is 2. The molecule has 0 unspecified atom stereocenters. The van der Waals surface area contributed by atoms with Gasteiger partial charge in [0.05, 0.1) is 44.1 Å². The molecule has 4 rings (SSSR count). The number of para-hydroxylation sites is 2. The van der Waals surface area contributed by atoms with E-state index in [1.807, 2.05) is 30.3 Å². The van der Waals surface area contributed by atoms with Crippen molar-refractivity contribution < 1.29 is 19.2 Å². The van der Waals surface area contributed by atoms with Crippen LogP contribution in [-0.2, 0) is 4.79 Å². The lowest BCUT2D eigenvalue weighted by molar-refractivity contribution is -0.898. The number of amides is 1. The first-order chi connectivity index (χ1) is 13.6. The molecule has 7 heteroatoms. The van der Waals surface area contributed by atoms with Gasteiger partial charge >= 0.3 is 0 Å². The van der Waals surface area contributed by atoms with Gasteiger partial charge in [-0.15, -0.1) is 0 Å². The molecule has 0 aromatic heterocycles. The molecule has 1 saturated heterocycles. The molecule has 0 aliphatic carbocycles. The van der Waals surface area contributed by atoms with Gasteiger partial charge in [0.25, 0.3) is 5.91 Å². The van der Waals surface area contributed by atoms with E-state index < -0.39 is 6.10 Å². The van der Waals surface area contributed by atoms with Crippen LogP contribution in [0.4, 0.5) is 11.4 Å². The van der Waals surface area contributed by atoms with Crippen LogP contribution in [0, 0.1) is 0 Å². The topological polar surface area (TPSA) is 55.2 Å². The summed E-state index contributed by atoms with van der Waals surface area (Å²) in [5.41, 5.74) is 1.70. The molecule has 0 spiro atoms. The molecule has 1 fully saturated rings. The number of carbonyl (C=O) groups is 1. The summed E-state index contributed by atoms with van der Waals surface area (Å²) in [5.74, 6) is 1.00. The number of hydrogen-bond acceptors (Lipinski definition) is 4. The molecule has 2 N–H and O–H groups in total. The summed E-state index contributed by atoms with van der Waals surface area (Å²) in [6, 6.07) is 13.0. The number of benzene rings is 2. The summed E-state index contributed by atoms with van der Waals surface area (Å²) < 4.78 is 11.5. The maximum absolute atomic E-state index is 12.8. The molecule has 148 valence electrons. The van der Waals surface area contributed by atoms with E-state index in [-0.39, 0.29) is 12.5 Å². The van der Waals surface area contributed by atoms with Gasteiger partial charge in [-0.2, -0.15) is 0 Å². The zero-order chi connectivity index (χ0) is 19.5. The molecule has 2 aromatic carbocycles. The lowest BCUT2D eigenvalue weighted by Gasteiger charge is -2.34. The standard InChI is InChI=1S/C21H24ClN3O3/c1-2-24-9-11-25(12-10-24)17-8-7-15(22)13-16(17)23-21(26)20-14-27-18-5-3-4-6-19(18)28-20/h3-8,13,20H,2,9-12,14H2,1H3,(H,23,26)/p+1/t20-/m1/s1. The smallest absolute Gasteiger partial charge is 0.269 e. The third-order valence-corrected chi connectivity index (χ3v) is 5.56. The highest BCUT2D eigenvalue weighted by atomic mass is 35.5. The van der Waals surface area contributed by atoms with Gasteiger partial charge < -0.3 is 24.6 Å². The fourth-order valence-electron chi connectivity index (χ4n) is 3.66. The minimum atomic E-state index is -0.705. The molecular weight excluding hydrogens is 378 g/mol. The van der Waals surface area contributed by atoms with E-state index in [2.05, 4.69) is 17.1 Å². The highest BCUT2D eigenvalue weighted by molar-refractivity contribution is 6.31. The van der Waals surface area contributed by atoms with Crippen molar-refractivity contribution in [3.8, 4) is 11.5 Å². The van der Waals surface area contributed by atoms with Gasteiger partial charge in [-0.3, -0.25) is 4.79 Å². The summed E-state index contributed by atoms with van der Waals surface area (Å²) >= 11 is 6.21. The van der Waals surface area contributed by atoms with E-state index in [1.54, 1.807) is 17.0 Å². The predicted octanol–water partition coefficient (Wildman–Crippen LogP) is 1.84. The molecule has 2 aromatic rings. The third-order valence-electron chi connectivity index (χ3n) is 5.33. The molecule has 28 heavy (non-hydrogen) atoms. The molecule has 0 saturated carbocycles. The number of anilines is 2. The Morgan fingerprint density at radius 2 is 1.96 bits per heavy atom. The van der Waals surface area contributed by atoms with Gasteiger partial charge in [0.1, 0.15) is 6.61 Å². The van der Waals surface area contributed by atoms with E-state index in [9.17, 15) is 4.79 Å². The minimum absolute atomic E-state index is 0.178. The summed E-state index contributed by atoms with van der Waals surface area (Å²) in [5, 5.41) is 3.58. The van der Waals surface area contributed by atoms with Crippen LogP contribution in [0.5, 0.6) is 11.5 Å². The van der Waals surface area contributed by atoms with E-state index in [0.29, 0.717) is 22.2 Å². The van der Waals surface area contributed by atoms with E-state index in [0.717, 1.165) is 38.4 Å². The Morgan fingerprint density at radius 3 is 2.71 bits per heavy atom. The SMILES string of the molecule is CC[NH+]1CCN(c2ccc(Cl)cc2NC(=O)[C@H]2COc3ccccc3O2)CC1. The molecular formula is C21H25ClN3O3+. The van der Waals surface area contributed by atoms with Crippen LogP contribution in [0.25, 0.3) is 0 Å². The van der Waals surface area contributed by atoms with Crippen LogP contribution in [0.3, 0.4) is 0 Å². The summed E-state index contributed by atoms with van der Waals surface area (Å²) in [4.78, 5) is 16.7. The normalized spacial score (nSPS) is 19.4. The molecule has 6 nitrogen and oxygen atoms in total. The van der Waals surface area contributed by atoms with E-state index in [4.69, 9.17) is 21.1 Å². The Labute approximate surface area is 170 Å². The lowest BCUT2D eigenvalue weighted by atomic mass is 10.2. The maximum Gasteiger partial charge on any atom is 0.269 e. The molecule has 1 amide bonds. The second-order valence-electron chi connectivity index (χ2n) is 7.11. The lowest BCUT2D eigenvalue weighted by Crippen LogP contribution is -3.14. The highest BCUT2D eigenvalue weighted by Gasteiger charge is 2.29. The number of rotatable bonds is 4. The number of nitrogens with zero attached hydrogens (tertiary/aromatic N) is 1. The molecule has 2 aliphatic heterocycles. The monoisotopic (exact) mass is 402 g/mol. The number of fused-ring (bicyclic) bond motifs is 1. The van der Waals surface area contributed by atoms with Crippen molar-refractivity contribution in [2.45, 2.75) is 13.0 Å². The molecule has 1 atom stereocenters. The quantitative estimate of drug-likeness (QED) is 0.819. The third kappa shape index (κ3) is 4.03. The van der Waals surface area contributed by atoms with E-state index >= 15 is 0 Å². The van der Waals surface area contributed by atoms with Crippen LogP contribution >= 0.6 is 11.6 Å². The number of likely N-dealkylation sites (N-methyl/N-ethyl adjacent to an activating group) is 1. The maximum atomic E-state index is 12.8. The second-order valence-corrected chi connectivity index (χ2v) is 7.54. The first-order valence-corrected chi connectivity index (χ1v) is 10.1. The molecule has 2 heterocycles. The largest absolute Gasteiger partial charge is 0.485 e. The van der Waals surface area contributed by atoms with Crippen LogP contribution in [0.15, 0.2) is 42.5 Å². The number of ether oxygens (including phenoxy) is 2. The number of hydrogen-bond donors (Lipinski definition) is 2. The van der Waals surface area contributed by atoms with Crippen LogP contribution in [-0.4, -0.2) is 51.3 Å². The Hall–Kier alpha value is -2.44. The van der Waals surface area contributed by atoms with Crippen molar-refractivity contribution in [2.75, 3.05) is 49.5 Å². The van der Waals surface area contributed by atoms with Crippen molar-refractivity contribution in [2.24, 2.45) is 0 Å². The Bertz CT molecular complexity index is 853. The van der Waals surface area contributed by atoms with Crippen molar-refractivity contribution in [1.29, 1.82) is 0 Å². The number of piperazine rings is 1. The van der Waals surface area contributed by atoms with Gasteiger partial charge in [-0.1, -0.05) is 23.7 Å². The highest BCUT2D eigenvalue weighted by Crippen LogP contribution is 2.33. The van der Waals surface area contributed by atoms with Crippen molar-refractivity contribution in [3.63, 3.8) is 0 Å². The van der Waals surface area contributed by atoms with Crippen molar-refractivity contribution >= 4 is 28.9 Å². The first-order valence-electron chi connectivity index (χ1n) is 9.71. The average Bonchev–Trinajstić information content (AvgIpc) is 2.73. The molecule has 0 bridgehead atoms. The van der Waals surface area contributed by atoms with Crippen molar-refractivity contribution in [1.82, 2.24) is 0 Å². The van der Waals surface area contributed by atoms with Crippen LogP contribution < -0.4 is 24.6 Å². The van der Waals surface area contributed by atoms with Gasteiger partial charge in [-0.25, -0.2) is 0 Å². The zero-order valence-corrected chi connectivity index (χ0v) is 16.7. The summed E-state index contributed by atoms with van der Waals surface area (Å²) in [6.07, 6.45) is -0.705. The number of carbonyl (C=O) groups excluding carboxylic acids is 1. The Morgan fingerprint density at radius 1 is 1.21 bits per heavy atom. The predicted molar refractivity (Wildman–Crippen MR) is 110 cm³/mol. The zero-order valence-electron chi connectivity index (χ0n) is 15.9. The second kappa shape index (κ2) is 8.29. The first kappa shape index (κ1) is 18.9. The minimum Gasteiger partial charge on any atom is -0.485 e. The van der Waals surface area contributed by atoms with Crippen LogP contribution in [0.2, 0.25) is 5.02 Å². The summed E-state index contributed by atoms with van der Waals surface area (Å²) in [7, 11) is 0. The van der Waals surface area contributed by atoms with Gasteiger partial charge in [0.2, 0.25) is 6.10 Å². The van der Waals surface area contributed by atoms with Gasteiger partial charge in [0, 0.05) is 5.02 Å². The molecule has 2 aliphatic rings. The number of halogens is 1. The molecule has 0 radical (unpaired) electrons. The average molecular weight is 403 g/mol.